The molecule has 0 aliphatic carbocycles. The Hall–Kier alpha value is -2.08. The summed E-state index contributed by atoms with van der Waals surface area (Å²) in [6.07, 6.45) is 6.03. The number of hydrogen-bond donors (Lipinski definition) is 0. The fourth-order valence-corrected chi connectivity index (χ4v) is 0.837. The first-order chi connectivity index (χ1) is 6.84. The van der Waals surface area contributed by atoms with Gasteiger partial charge in [0.05, 0.1) is 0 Å². The number of rotatable bonds is 4. The van der Waals surface area contributed by atoms with Gasteiger partial charge in [-0.25, -0.2) is 0 Å². The molecule has 0 atom stereocenters. The molecule has 0 bridgehead atoms. The van der Waals surface area contributed by atoms with Gasteiger partial charge in [-0.1, -0.05) is 41.4 Å². The molecule has 0 saturated carbocycles. The maximum atomic E-state index is 11.3. The van der Waals surface area contributed by atoms with Gasteiger partial charge in [-0.05, 0) is 0 Å². The second kappa shape index (κ2) is 5.55. The molecule has 1 aromatic rings. The lowest BCUT2D eigenvalue weighted by Gasteiger charge is -1.93. The highest BCUT2D eigenvalue weighted by Gasteiger charge is 1.99. The highest BCUT2D eigenvalue weighted by Crippen LogP contribution is 1.97. The van der Waals surface area contributed by atoms with Crippen LogP contribution in [0.25, 0.3) is 0 Å². The summed E-state index contributed by atoms with van der Waals surface area (Å²) in [6.45, 7) is 0.0680. The van der Waals surface area contributed by atoms with Crippen molar-refractivity contribution in [2.45, 2.75) is 0 Å². The first kappa shape index (κ1) is 10.0. The zero-order valence-corrected chi connectivity index (χ0v) is 7.51. The van der Waals surface area contributed by atoms with E-state index in [1.165, 1.54) is 0 Å². The standard InChI is InChI=1S/C11H9NO2/c1-2-8-14-12-9-11(13)10-6-4-3-5-7-10/h1,3-7,9H,8H2. The third kappa shape index (κ3) is 3.11. The number of carbonyl (C=O) groups excluding carboxylic acids is 1. The lowest BCUT2D eigenvalue weighted by atomic mass is 10.1. The van der Waals surface area contributed by atoms with E-state index in [0.29, 0.717) is 5.56 Å². The number of Topliss-reactive ketones (excluding diaryl/α,β-unsaturated/α-hetero) is 1. The van der Waals surface area contributed by atoms with E-state index < -0.39 is 0 Å². The predicted molar refractivity (Wildman–Crippen MR) is 54.0 cm³/mol. The molecule has 0 fully saturated rings. The summed E-state index contributed by atoms with van der Waals surface area (Å²) >= 11 is 0. The summed E-state index contributed by atoms with van der Waals surface area (Å²) in [5.41, 5.74) is 0.570. The van der Waals surface area contributed by atoms with E-state index in [1.807, 2.05) is 6.07 Å². The lowest BCUT2D eigenvalue weighted by molar-refractivity contribution is 0.106. The van der Waals surface area contributed by atoms with Crippen molar-refractivity contribution in [3.63, 3.8) is 0 Å². The van der Waals surface area contributed by atoms with E-state index in [1.54, 1.807) is 24.3 Å². The molecule has 3 nitrogen and oxygen atoms in total. The van der Waals surface area contributed by atoms with Gasteiger partial charge >= 0.3 is 0 Å². The number of carbonyl (C=O) groups is 1. The van der Waals surface area contributed by atoms with E-state index >= 15 is 0 Å². The molecule has 70 valence electrons. The molecule has 0 amide bonds. The topological polar surface area (TPSA) is 38.7 Å². The molecule has 0 aliphatic heterocycles. The Morgan fingerprint density at radius 3 is 2.86 bits per heavy atom. The fourth-order valence-electron chi connectivity index (χ4n) is 0.837. The molecule has 0 aromatic heterocycles. The first-order valence-corrected chi connectivity index (χ1v) is 4.03. The van der Waals surface area contributed by atoms with Crippen LogP contribution in [-0.2, 0) is 4.84 Å². The van der Waals surface area contributed by atoms with Crippen molar-refractivity contribution in [2.75, 3.05) is 6.61 Å². The lowest BCUT2D eigenvalue weighted by Crippen LogP contribution is -2.00. The van der Waals surface area contributed by atoms with Gasteiger partial charge in [-0.2, -0.15) is 0 Å². The Labute approximate surface area is 82.4 Å². The van der Waals surface area contributed by atoms with Crippen LogP contribution in [0, 0.1) is 12.3 Å². The zero-order valence-electron chi connectivity index (χ0n) is 7.51. The SMILES string of the molecule is C#CCON=CC(=O)c1ccccc1. The molecule has 3 heteroatoms. The maximum absolute atomic E-state index is 11.3. The molecule has 14 heavy (non-hydrogen) atoms. The third-order valence-corrected chi connectivity index (χ3v) is 1.45. The molecule has 1 aromatic carbocycles. The second-order valence-electron chi connectivity index (χ2n) is 2.44. The molecule has 0 heterocycles. The minimum Gasteiger partial charge on any atom is -0.383 e. The van der Waals surface area contributed by atoms with Gasteiger partial charge in [0.2, 0.25) is 5.78 Å². The second-order valence-corrected chi connectivity index (χ2v) is 2.44. The summed E-state index contributed by atoms with van der Waals surface area (Å²) in [6, 6.07) is 8.81. The smallest absolute Gasteiger partial charge is 0.207 e. The highest BCUT2D eigenvalue weighted by molar-refractivity contribution is 6.35. The molecule has 0 spiro atoms. The Kier molecular flexibility index (Phi) is 3.96. The van der Waals surface area contributed by atoms with Crippen molar-refractivity contribution in [3.8, 4) is 12.3 Å². The molecule has 0 saturated heterocycles. The molecular formula is C11H9NO2. The average molecular weight is 187 g/mol. The van der Waals surface area contributed by atoms with Crippen molar-refractivity contribution in [2.24, 2.45) is 5.16 Å². The predicted octanol–water partition coefficient (Wildman–Crippen LogP) is 1.50. The molecular weight excluding hydrogens is 178 g/mol. The van der Waals surface area contributed by atoms with Crippen molar-refractivity contribution < 1.29 is 9.63 Å². The molecule has 0 N–H and O–H groups in total. The van der Waals surface area contributed by atoms with E-state index in [4.69, 9.17) is 6.42 Å². The summed E-state index contributed by atoms with van der Waals surface area (Å²) in [7, 11) is 0. The quantitative estimate of drug-likeness (QED) is 0.235. The van der Waals surface area contributed by atoms with Crippen LogP contribution >= 0.6 is 0 Å². The number of benzene rings is 1. The van der Waals surface area contributed by atoms with Crippen molar-refractivity contribution in [3.05, 3.63) is 35.9 Å². The monoisotopic (exact) mass is 187 g/mol. The van der Waals surface area contributed by atoms with Crippen LogP contribution in [0.5, 0.6) is 0 Å². The molecule has 1 rings (SSSR count). The van der Waals surface area contributed by atoms with Gasteiger partial charge in [-0.15, -0.1) is 6.42 Å². The number of ketones is 1. The fraction of sp³-hybridized carbons (Fsp3) is 0.0909. The van der Waals surface area contributed by atoms with Crippen LogP contribution in [0.2, 0.25) is 0 Å². The van der Waals surface area contributed by atoms with Gasteiger partial charge in [0.25, 0.3) is 0 Å². The van der Waals surface area contributed by atoms with Crippen molar-refractivity contribution >= 4 is 12.0 Å². The summed E-state index contributed by atoms with van der Waals surface area (Å²) in [5.74, 6) is 2.03. The van der Waals surface area contributed by atoms with Gasteiger partial charge in [0.15, 0.2) is 6.61 Å². The Bertz CT molecular complexity index is 363. The number of hydrogen-bond acceptors (Lipinski definition) is 3. The van der Waals surface area contributed by atoms with Crippen LogP contribution in [0.15, 0.2) is 35.5 Å². The normalized spacial score (nSPS) is 9.64. The van der Waals surface area contributed by atoms with Crippen molar-refractivity contribution in [1.82, 2.24) is 0 Å². The highest BCUT2D eigenvalue weighted by atomic mass is 16.6. The first-order valence-electron chi connectivity index (χ1n) is 4.03. The van der Waals surface area contributed by atoms with E-state index in [9.17, 15) is 4.79 Å². The molecule has 0 aliphatic rings. The van der Waals surface area contributed by atoms with E-state index in [2.05, 4.69) is 15.9 Å². The Balaban J connectivity index is 2.52. The van der Waals surface area contributed by atoms with Gasteiger partial charge in [0.1, 0.15) is 6.21 Å². The zero-order chi connectivity index (χ0) is 10.2. The van der Waals surface area contributed by atoms with Crippen LogP contribution in [0.1, 0.15) is 10.4 Å². The molecule has 0 radical (unpaired) electrons. The number of nitrogens with zero attached hydrogens (tertiary/aromatic N) is 1. The summed E-state index contributed by atoms with van der Waals surface area (Å²) in [4.78, 5) is 15.9. The Morgan fingerprint density at radius 1 is 1.50 bits per heavy atom. The summed E-state index contributed by atoms with van der Waals surface area (Å²) < 4.78 is 0. The van der Waals surface area contributed by atoms with E-state index in [-0.39, 0.29) is 12.4 Å². The van der Waals surface area contributed by atoms with Crippen LogP contribution < -0.4 is 0 Å². The maximum Gasteiger partial charge on any atom is 0.207 e. The minimum atomic E-state index is -0.206. The summed E-state index contributed by atoms with van der Waals surface area (Å²) in [5, 5.41) is 3.42. The third-order valence-electron chi connectivity index (χ3n) is 1.45. The van der Waals surface area contributed by atoms with Gasteiger partial charge < -0.3 is 4.84 Å². The number of oxime groups is 1. The minimum absolute atomic E-state index is 0.0680. The van der Waals surface area contributed by atoms with Crippen LogP contribution in [-0.4, -0.2) is 18.6 Å². The van der Waals surface area contributed by atoms with E-state index in [0.717, 1.165) is 6.21 Å². The van der Waals surface area contributed by atoms with Crippen molar-refractivity contribution in [1.29, 1.82) is 0 Å². The van der Waals surface area contributed by atoms with Crippen LogP contribution in [0.4, 0.5) is 0 Å². The molecule has 0 unspecified atom stereocenters. The van der Waals surface area contributed by atoms with Crippen LogP contribution in [0.3, 0.4) is 0 Å². The Morgan fingerprint density at radius 2 is 2.21 bits per heavy atom. The van der Waals surface area contributed by atoms with Gasteiger partial charge in [-0.3, -0.25) is 4.79 Å². The number of terminal acetylenes is 1. The largest absolute Gasteiger partial charge is 0.383 e. The van der Waals surface area contributed by atoms with Gasteiger partial charge in [0, 0.05) is 5.56 Å². The average Bonchev–Trinajstić information content (AvgIpc) is 2.25.